The van der Waals surface area contributed by atoms with Crippen LogP contribution in [0, 0.1) is 23.1 Å². The van der Waals surface area contributed by atoms with Gasteiger partial charge in [-0.1, -0.05) is 26.0 Å². The first-order valence-electron chi connectivity index (χ1n) is 8.84. The summed E-state index contributed by atoms with van der Waals surface area (Å²) in [5.41, 5.74) is 0.697. The molecule has 0 radical (unpaired) electrons. The molecule has 0 bridgehead atoms. The average Bonchev–Trinajstić information content (AvgIpc) is 2.70. The van der Waals surface area contributed by atoms with E-state index < -0.39 is 36.2 Å². The third kappa shape index (κ3) is 6.14. The highest BCUT2D eigenvalue weighted by Crippen LogP contribution is 2.11. The van der Waals surface area contributed by atoms with Crippen molar-refractivity contribution in [1.82, 2.24) is 5.32 Å². The van der Waals surface area contributed by atoms with Crippen molar-refractivity contribution in [2.75, 3.05) is 11.9 Å². The molecule has 2 aromatic carbocycles. The highest BCUT2D eigenvalue weighted by molar-refractivity contribution is 5.97. The Morgan fingerprint density at radius 2 is 1.76 bits per heavy atom. The van der Waals surface area contributed by atoms with E-state index in [4.69, 9.17) is 10.00 Å². The molecule has 7 nitrogen and oxygen atoms in total. The zero-order chi connectivity index (χ0) is 21.4. The molecule has 0 heterocycles. The predicted molar refractivity (Wildman–Crippen MR) is 103 cm³/mol. The van der Waals surface area contributed by atoms with Crippen LogP contribution in [0.4, 0.5) is 10.1 Å². The molecule has 0 unspecified atom stereocenters. The van der Waals surface area contributed by atoms with Gasteiger partial charge in [0.25, 0.3) is 11.8 Å². The molecule has 0 fully saturated rings. The standard InChI is InChI=1S/C21H20FN3O4/c1-13(2)19(25-20(27)16-5-3-4-6-17(16)22)21(28)29-12-18(26)24-15-9-7-14(11-23)8-10-15/h3-10,13,19H,12H2,1-2H3,(H,24,26)(H,25,27)/t19-/m0/s1. The smallest absolute Gasteiger partial charge is 0.329 e. The first kappa shape index (κ1) is 21.6. The number of esters is 1. The van der Waals surface area contributed by atoms with Gasteiger partial charge < -0.3 is 15.4 Å². The monoisotopic (exact) mass is 397 g/mol. The molecule has 0 spiro atoms. The summed E-state index contributed by atoms with van der Waals surface area (Å²) in [7, 11) is 0. The van der Waals surface area contributed by atoms with Crippen LogP contribution in [0.2, 0.25) is 0 Å². The van der Waals surface area contributed by atoms with Crippen LogP contribution in [0.25, 0.3) is 0 Å². The van der Waals surface area contributed by atoms with E-state index in [9.17, 15) is 18.8 Å². The third-order valence-electron chi connectivity index (χ3n) is 3.97. The number of anilines is 1. The van der Waals surface area contributed by atoms with Crippen molar-refractivity contribution in [3.05, 3.63) is 65.5 Å². The third-order valence-corrected chi connectivity index (χ3v) is 3.97. The Bertz CT molecular complexity index is 936. The minimum absolute atomic E-state index is 0.190. The molecular weight excluding hydrogens is 377 g/mol. The highest BCUT2D eigenvalue weighted by atomic mass is 19.1. The zero-order valence-electron chi connectivity index (χ0n) is 15.9. The van der Waals surface area contributed by atoms with E-state index in [1.54, 1.807) is 26.0 Å². The van der Waals surface area contributed by atoms with E-state index in [2.05, 4.69) is 10.6 Å². The maximum absolute atomic E-state index is 13.8. The molecule has 8 heteroatoms. The van der Waals surface area contributed by atoms with Crippen LogP contribution in [-0.4, -0.2) is 30.4 Å². The number of carbonyl (C=O) groups excluding carboxylic acids is 3. The van der Waals surface area contributed by atoms with Crippen LogP contribution >= 0.6 is 0 Å². The van der Waals surface area contributed by atoms with E-state index >= 15 is 0 Å². The first-order chi connectivity index (χ1) is 13.8. The molecule has 2 aromatic rings. The molecule has 0 saturated carbocycles. The molecule has 0 aliphatic heterocycles. The average molecular weight is 397 g/mol. The second kappa shape index (κ2) is 9.99. The number of nitriles is 1. The van der Waals surface area contributed by atoms with Gasteiger partial charge in [0, 0.05) is 5.69 Å². The maximum atomic E-state index is 13.8. The van der Waals surface area contributed by atoms with Crippen molar-refractivity contribution in [1.29, 1.82) is 5.26 Å². The fraction of sp³-hybridized carbons (Fsp3) is 0.238. The summed E-state index contributed by atoms with van der Waals surface area (Å²) in [5, 5.41) is 13.7. The molecule has 150 valence electrons. The van der Waals surface area contributed by atoms with Gasteiger partial charge in [0.05, 0.1) is 17.2 Å². The summed E-state index contributed by atoms with van der Waals surface area (Å²) in [4.78, 5) is 36.5. The largest absolute Gasteiger partial charge is 0.454 e. The van der Waals surface area contributed by atoms with Crippen molar-refractivity contribution in [2.45, 2.75) is 19.9 Å². The number of hydrogen-bond donors (Lipinski definition) is 2. The molecule has 0 aliphatic carbocycles. The van der Waals surface area contributed by atoms with Gasteiger partial charge in [0.1, 0.15) is 11.9 Å². The fourth-order valence-electron chi connectivity index (χ4n) is 2.41. The lowest BCUT2D eigenvalue weighted by atomic mass is 10.0. The number of halogens is 1. The van der Waals surface area contributed by atoms with Crippen LogP contribution in [0.1, 0.15) is 29.8 Å². The Morgan fingerprint density at radius 3 is 2.34 bits per heavy atom. The molecule has 29 heavy (non-hydrogen) atoms. The number of nitrogens with zero attached hydrogens (tertiary/aromatic N) is 1. The van der Waals surface area contributed by atoms with Gasteiger partial charge >= 0.3 is 5.97 Å². The van der Waals surface area contributed by atoms with E-state index in [0.717, 1.165) is 6.07 Å². The van der Waals surface area contributed by atoms with Crippen molar-refractivity contribution in [3.63, 3.8) is 0 Å². The van der Waals surface area contributed by atoms with Gasteiger partial charge in [-0.05, 0) is 42.3 Å². The summed E-state index contributed by atoms with van der Waals surface area (Å²) in [6.07, 6.45) is 0. The Labute approximate surface area is 167 Å². The zero-order valence-corrected chi connectivity index (χ0v) is 15.9. The molecule has 1 atom stereocenters. The molecule has 2 amide bonds. The number of benzene rings is 2. The molecule has 0 aromatic heterocycles. The highest BCUT2D eigenvalue weighted by Gasteiger charge is 2.27. The van der Waals surface area contributed by atoms with Gasteiger partial charge in [-0.3, -0.25) is 9.59 Å². The predicted octanol–water partition coefficient (Wildman–Crippen LogP) is 2.63. The van der Waals surface area contributed by atoms with E-state index in [-0.39, 0.29) is 11.5 Å². The summed E-state index contributed by atoms with van der Waals surface area (Å²) in [5.74, 6) is -3.19. The number of carbonyl (C=O) groups is 3. The van der Waals surface area contributed by atoms with Crippen molar-refractivity contribution < 1.29 is 23.5 Å². The summed E-state index contributed by atoms with van der Waals surface area (Å²) in [6, 6.07) is 12.5. The first-order valence-corrected chi connectivity index (χ1v) is 8.84. The van der Waals surface area contributed by atoms with Gasteiger partial charge in [-0.15, -0.1) is 0 Å². The summed E-state index contributed by atoms with van der Waals surface area (Å²) in [6.45, 7) is 2.81. The van der Waals surface area contributed by atoms with E-state index in [1.165, 1.54) is 30.3 Å². The Hall–Kier alpha value is -3.73. The lowest BCUT2D eigenvalue weighted by Gasteiger charge is -2.21. The van der Waals surface area contributed by atoms with Crippen LogP contribution in [0.3, 0.4) is 0 Å². The van der Waals surface area contributed by atoms with Crippen molar-refractivity contribution >= 4 is 23.5 Å². The second-order valence-corrected chi connectivity index (χ2v) is 6.52. The van der Waals surface area contributed by atoms with Crippen LogP contribution < -0.4 is 10.6 Å². The quantitative estimate of drug-likeness (QED) is 0.698. The second-order valence-electron chi connectivity index (χ2n) is 6.52. The van der Waals surface area contributed by atoms with Gasteiger partial charge in [-0.2, -0.15) is 5.26 Å². The molecule has 2 N–H and O–H groups in total. The van der Waals surface area contributed by atoms with Crippen LogP contribution in [0.15, 0.2) is 48.5 Å². The van der Waals surface area contributed by atoms with Gasteiger partial charge in [0.15, 0.2) is 6.61 Å². The van der Waals surface area contributed by atoms with Crippen molar-refractivity contribution in [3.8, 4) is 6.07 Å². The molecule has 2 rings (SSSR count). The number of ether oxygens (including phenoxy) is 1. The lowest BCUT2D eigenvalue weighted by molar-refractivity contribution is -0.150. The lowest BCUT2D eigenvalue weighted by Crippen LogP contribution is -2.46. The number of amides is 2. The molecular formula is C21H20FN3O4. The number of rotatable bonds is 7. The minimum Gasteiger partial charge on any atom is -0.454 e. The normalized spacial score (nSPS) is 11.3. The molecule has 0 saturated heterocycles. The Kier molecular flexibility index (Phi) is 7.43. The number of hydrogen-bond acceptors (Lipinski definition) is 5. The van der Waals surface area contributed by atoms with Gasteiger partial charge in [-0.25, -0.2) is 9.18 Å². The van der Waals surface area contributed by atoms with Crippen LogP contribution in [0.5, 0.6) is 0 Å². The minimum atomic E-state index is -1.05. The van der Waals surface area contributed by atoms with Crippen molar-refractivity contribution in [2.24, 2.45) is 5.92 Å². The maximum Gasteiger partial charge on any atom is 0.329 e. The fourth-order valence-corrected chi connectivity index (χ4v) is 2.41. The molecule has 0 aliphatic rings. The number of nitrogens with one attached hydrogen (secondary N) is 2. The Morgan fingerprint density at radius 1 is 1.10 bits per heavy atom. The SMILES string of the molecule is CC(C)[C@H](NC(=O)c1ccccc1F)C(=O)OCC(=O)Nc1ccc(C#N)cc1. The summed E-state index contributed by atoms with van der Waals surface area (Å²) < 4.78 is 18.8. The Balaban J connectivity index is 1.93. The van der Waals surface area contributed by atoms with E-state index in [1.807, 2.05) is 6.07 Å². The van der Waals surface area contributed by atoms with Crippen LogP contribution in [-0.2, 0) is 14.3 Å². The topological polar surface area (TPSA) is 108 Å². The van der Waals surface area contributed by atoms with E-state index in [0.29, 0.717) is 11.3 Å². The van der Waals surface area contributed by atoms with Gasteiger partial charge in [0.2, 0.25) is 0 Å². The summed E-state index contributed by atoms with van der Waals surface area (Å²) >= 11 is 0.